The van der Waals surface area contributed by atoms with Crippen LogP contribution in [0.3, 0.4) is 0 Å². The number of aryl methyl sites for hydroxylation is 4. The zero-order valence-electron chi connectivity index (χ0n) is 15.0. The van der Waals surface area contributed by atoms with Crippen LogP contribution in [0.1, 0.15) is 32.7 Å². The molecule has 0 unspecified atom stereocenters. The monoisotopic (exact) mass is 334 g/mol. The highest BCUT2D eigenvalue weighted by atomic mass is 16.1. The molecule has 0 aliphatic rings. The molecule has 1 aromatic carbocycles. The number of nitrogens with one attached hydrogen (secondary N) is 1. The van der Waals surface area contributed by atoms with Crippen LogP contribution >= 0.6 is 0 Å². The fourth-order valence-corrected chi connectivity index (χ4v) is 3.16. The van der Waals surface area contributed by atoms with Gasteiger partial charge >= 0.3 is 0 Å². The lowest BCUT2D eigenvalue weighted by Gasteiger charge is -2.11. The Labute approximate surface area is 147 Å². The van der Waals surface area contributed by atoms with E-state index in [1.165, 1.54) is 0 Å². The van der Waals surface area contributed by atoms with Crippen molar-refractivity contribution >= 4 is 5.91 Å². The Morgan fingerprint density at radius 2 is 1.84 bits per heavy atom. The molecule has 0 radical (unpaired) electrons. The van der Waals surface area contributed by atoms with E-state index in [0.717, 1.165) is 39.3 Å². The predicted octanol–water partition coefficient (Wildman–Crippen LogP) is 3.34. The molecule has 3 aromatic rings. The Balaban J connectivity index is 1.76. The van der Waals surface area contributed by atoms with Crippen molar-refractivity contribution in [3.8, 4) is 11.4 Å². The van der Waals surface area contributed by atoms with E-state index >= 15 is 0 Å². The van der Waals surface area contributed by atoms with Crippen LogP contribution in [-0.2, 0) is 13.6 Å². The summed E-state index contributed by atoms with van der Waals surface area (Å²) in [7, 11) is 1.88. The van der Waals surface area contributed by atoms with Crippen molar-refractivity contribution in [2.45, 2.75) is 27.3 Å². The Hall–Kier alpha value is -2.95. The first-order valence-electron chi connectivity index (χ1n) is 8.26. The maximum Gasteiger partial charge on any atom is 0.252 e. The first-order valence-corrected chi connectivity index (χ1v) is 8.26. The molecule has 5 nitrogen and oxygen atoms in total. The number of benzene rings is 1. The van der Waals surface area contributed by atoms with Gasteiger partial charge in [0.25, 0.3) is 5.91 Å². The van der Waals surface area contributed by atoms with Crippen molar-refractivity contribution < 1.29 is 4.79 Å². The van der Waals surface area contributed by atoms with Gasteiger partial charge in [0.05, 0.1) is 23.6 Å². The second-order valence-corrected chi connectivity index (χ2v) is 6.32. The van der Waals surface area contributed by atoms with Gasteiger partial charge in [-0.3, -0.25) is 14.5 Å². The van der Waals surface area contributed by atoms with Crippen LogP contribution in [-0.4, -0.2) is 20.7 Å². The number of rotatable bonds is 4. The summed E-state index contributed by atoms with van der Waals surface area (Å²) >= 11 is 0. The second kappa shape index (κ2) is 6.89. The highest BCUT2D eigenvalue weighted by molar-refractivity contribution is 5.97. The van der Waals surface area contributed by atoms with E-state index in [2.05, 4.69) is 15.4 Å². The third kappa shape index (κ3) is 3.60. The minimum atomic E-state index is -0.0694. The Bertz CT molecular complexity index is 890. The van der Waals surface area contributed by atoms with Gasteiger partial charge in [0.15, 0.2) is 0 Å². The molecular formula is C20H22N4O. The van der Waals surface area contributed by atoms with Gasteiger partial charge < -0.3 is 5.32 Å². The minimum Gasteiger partial charge on any atom is -0.346 e. The fourth-order valence-electron chi connectivity index (χ4n) is 3.16. The number of pyridine rings is 1. The molecule has 0 fully saturated rings. The molecule has 0 aliphatic heterocycles. The Morgan fingerprint density at radius 3 is 2.48 bits per heavy atom. The zero-order chi connectivity index (χ0) is 18.0. The summed E-state index contributed by atoms with van der Waals surface area (Å²) in [4.78, 5) is 16.9. The molecule has 1 N–H and O–H groups in total. The number of carbonyl (C=O) groups excluding carboxylic acids is 1. The molecule has 5 heteroatoms. The molecule has 25 heavy (non-hydrogen) atoms. The number of aromatic nitrogens is 3. The van der Waals surface area contributed by atoms with Crippen molar-refractivity contribution in [1.82, 2.24) is 20.1 Å². The van der Waals surface area contributed by atoms with Gasteiger partial charge in [-0.2, -0.15) is 5.10 Å². The summed E-state index contributed by atoms with van der Waals surface area (Å²) in [6, 6.07) is 11.8. The number of hydrogen-bond acceptors (Lipinski definition) is 3. The summed E-state index contributed by atoms with van der Waals surface area (Å²) in [6.07, 6.45) is 1.76. The minimum absolute atomic E-state index is 0.0694. The van der Waals surface area contributed by atoms with Gasteiger partial charge in [0, 0.05) is 18.8 Å². The van der Waals surface area contributed by atoms with Crippen molar-refractivity contribution in [2.24, 2.45) is 7.05 Å². The molecule has 3 rings (SSSR count). The van der Waals surface area contributed by atoms with Crippen LogP contribution in [0.15, 0.2) is 42.6 Å². The van der Waals surface area contributed by atoms with E-state index in [0.29, 0.717) is 6.54 Å². The molecule has 0 saturated carbocycles. The normalized spacial score (nSPS) is 10.7. The summed E-state index contributed by atoms with van der Waals surface area (Å²) in [5, 5.41) is 7.45. The van der Waals surface area contributed by atoms with E-state index in [9.17, 15) is 4.79 Å². The molecule has 2 aromatic heterocycles. The first-order chi connectivity index (χ1) is 12.0. The zero-order valence-corrected chi connectivity index (χ0v) is 15.0. The van der Waals surface area contributed by atoms with Crippen molar-refractivity contribution in [3.05, 3.63) is 70.5 Å². The number of amides is 1. The smallest absolute Gasteiger partial charge is 0.252 e. The van der Waals surface area contributed by atoms with E-state index in [-0.39, 0.29) is 5.91 Å². The molecule has 0 bridgehead atoms. The van der Waals surface area contributed by atoms with Crippen LogP contribution in [0.25, 0.3) is 11.4 Å². The quantitative estimate of drug-likeness (QED) is 0.796. The van der Waals surface area contributed by atoms with Crippen LogP contribution < -0.4 is 5.32 Å². The molecule has 0 saturated heterocycles. The van der Waals surface area contributed by atoms with E-state index < -0.39 is 0 Å². The van der Waals surface area contributed by atoms with Crippen LogP contribution in [0.2, 0.25) is 0 Å². The first kappa shape index (κ1) is 16.9. The summed E-state index contributed by atoms with van der Waals surface area (Å²) in [5.41, 5.74) is 6.48. The van der Waals surface area contributed by atoms with Gasteiger partial charge in [0.2, 0.25) is 0 Å². The van der Waals surface area contributed by atoms with Gasteiger partial charge in [-0.1, -0.05) is 23.8 Å². The topological polar surface area (TPSA) is 59.8 Å². The molecule has 1 amide bonds. The van der Waals surface area contributed by atoms with Crippen molar-refractivity contribution in [2.75, 3.05) is 0 Å². The average Bonchev–Trinajstić information content (AvgIpc) is 2.94. The number of nitrogens with zero attached hydrogens (tertiary/aromatic N) is 3. The highest BCUT2D eigenvalue weighted by Gasteiger charge is 2.14. The Kier molecular flexibility index (Phi) is 4.65. The lowest BCUT2D eigenvalue weighted by Crippen LogP contribution is -2.25. The Morgan fingerprint density at radius 1 is 1.12 bits per heavy atom. The van der Waals surface area contributed by atoms with Gasteiger partial charge in [-0.05, 0) is 50.1 Å². The van der Waals surface area contributed by atoms with Gasteiger partial charge in [-0.15, -0.1) is 0 Å². The molecule has 2 heterocycles. The fraction of sp³-hybridized carbons (Fsp3) is 0.250. The predicted molar refractivity (Wildman–Crippen MR) is 98.3 cm³/mol. The highest BCUT2D eigenvalue weighted by Crippen LogP contribution is 2.18. The molecule has 128 valence electrons. The number of carbonyl (C=O) groups is 1. The second-order valence-electron chi connectivity index (χ2n) is 6.32. The third-order valence-electron chi connectivity index (χ3n) is 4.19. The van der Waals surface area contributed by atoms with Gasteiger partial charge in [-0.25, -0.2) is 0 Å². The third-order valence-corrected chi connectivity index (χ3v) is 4.19. The molecular weight excluding hydrogens is 312 g/mol. The van der Waals surface area contributed by atoms with E-state index in [1.54, 1.807) is 10.9 Å². The molecule has 0 atom stereocenters. The van der Waals surface area contributed by atoms with Crippen molar-refractivity contribution in [3.63, 3.8) is 0 Å². The van der Waals surface area contributed by atoms with E-state index in [4.69, 9.17) is 0 Å². The maximum atomic E-state index is 12.6. The average molecular weight is 334 g/mol. The lowest BCUT2D eigenvalue weighted by atomic mass is 9.99. The SMILES string of the molecule is Cc1cc(C)c(C(=O)NCc2cc(-c3ccccn3)n(C)n2)c(C)c1. The largest absolute Gasteiger partial charge is 0.346 e. The maximum absolute atomic E-state index is 12.6. The van der Waals surface area contributed by atoms with Crippen LogP contribution in [0.5, 0.6) is 0 Å². The lowest BCUT2D eigenvalue weighted by molar-refractivity contribution is 0.0949. The van der Waals surface area contributed by atoms with Gasteiger partial charge in [0.1, 0.15) is 0 Å². The molecule has 0 spiro atoms. The standard InChI is InChI=1S/C20H22N4O/c1-13-9-14(2)19(15(3)10-13)20(25)22-12-16-11-18(24(4)23-16)17-7-5-6-8-21-17/h5-11H,12H2,1-4H3,(H,22,25). The summed E-state index contributed by atoms with van der Waals surface area (Å²) < 4.78 is 1.78. The van der Waals surface area contributed by atoms with Crippen LogP contribution in [0.4, 0.5) is 0 Å². The summed E-state index contributed by atoms with van der Waals surface area (Å²) in [6.45, 7) is 6.35. The number of hydrogen-bond donors (Lipinski definition) is 1. The molecule has 0 aliphatic carbocycles. The van der Waals surface area contributed by atoms with Crippen LogP contribution in [0, 0.1) is 20.8 Å². The van der Waals surface area contributed by atoms with E-state index in [1.807, 2.05) is 64.2 Å². The van der Waals surface area contributed by atoms with Crippen molar-refractivity contribution in [1.29, 1.82) is 0 Å². The summed E-state index contributed by atoms with van der Waals surface area (Å²) in [5.74, 6) is -0.0694.